The Kier molecular flexibility index (Phi) is 13.8. The van der Waals surface area contributed by atoms with Gasteiger partial charge < -0.3 is 31.9 Å². The Hall–Kier alpha value is -3.35. The number of carbonyl (C=O) groups is 1. The van der Waals surface area contributed by atoms with Gasteiger partial charge in [-0.05, 0) is 89.7 Å². The van der Waals surface area contributed by atoms with Crippen molar-refractivity contribution in [2.24, 2.45) is 5.73 Å². The van der Waals surface area contributed by atoms with Crippen molar-refractivity contribution in [3.8, 4) is 0 Å². The van der Waals surface area contributed by atoms with Gasteiger partial charge in [-0.2, -0.15) is 4.98 Å². The molecule has 12 heteroatoms. The monoisotopic (exact) mass is 633 g/mol. The number of rotatable bonds is 19. The van der Waals surface area contributed by atoms with Crippen molar-refractivity contribution in [1.29, 1.82) is 0 Å². The molecule has 1 aromatic carbocycles. The molecule has 0 bridgehead atoms. The number of hydrogen-bond donors (Lipinski definition) is 5. The number of fused-ring (bicyclic) bond motifs is 1. The summed E-state index contributed by atoms with van der Waals surface area (Å²) in [6, 6.07) is 9.06. The van der Waals surface area contributed by atoms with Gasteiger partial charge >= 0.3 is 0 Å². The molecule has 3 aromatic rings. The predicted octanol–water partition coefficient (Wildman–Crippen LogP) is 4.05. The van der Waals surface area contributed by atoms with Crippen molar-refractivity contribution in [1.82, 2.24) is 40.5 Å². The minimum Gasteiger partial charge on any atom is -0.367 e. The van der Waals surface area contributed by atoms with Crippen LogP contribution in [0, 0.1) is 0 Å². The SMILES string of the molecule is NCCCCCC(=O)N1CCC(Nc2nc(NCc3cn(CCCNCCCNC4CCCCC4)nn3)nc3ccccc23)CC1. The molecule has 1 aliphatic carbocycles. The van der Waals surface area contributed by atoms with Crippen LogP contribution in [0.5, 0.6) is 0 Å². The van der Waals surface area contributed by atoms with Gasteiger partial charge in [-0.3, -0.25) is 9.48 Å². The van der Waals surface area contributed by atoms with Crippen LogP contribution < -0.4 is 27.0 Å². The van der Waals surface area contributed by atoms with Crippen LogP contribution in [0.15, 0.2) is 30.5 Å². The van der Waals surface area contributed by atoms with E-state index in [1.54, 1.807) is 0 Å². The highest BCUT2D eigenvalue weighted by Crippen LogP contribution is 2.25. The second-order valence-electron chi connectivity index (χ2n) is 12.9. The molecule has 1 amide bonds. The zero-order chi connectivity index (χ0) is 31.8. The summed E-state index contributed by atoms with van der Waals surface area (Å²) < 4.78 is 1.91. The van der Waals surface area contributed by atoms with E-state index in [0.29, 0.717) is 25.5 Å². The van der Waals surface area contributed by atoms with Crippen LogP contribution in [0.4, 0.5) is 11.8 Å². The fraction of sp³-hybridized carbons (Fsp3) is 0.676. The van der Waals surface area contributed by atoms with Crippen molar-refractivity contribution in [2.75, 3.05) is 49.9 Å². The average molecular weight is 634 g/mol. The van der Waals surface area contributed by atoms with Crippen LogP contribution >= 0.6 is 0 Å². The van der Waals surface area contributed by atoms with E-state index in [0.717, 1.165) is 106 Å². The molecule has 5 rings (SSSR count). The summed E-state index contributed by atoms with van der Waals surface area (Å²) in [4.78, 5) is 24.2. The third-order valence-corrected chi connectivity index (χ3v) is 9.21. The molecule has 12 nitrogen and oxygen atoms in total. The van der Waals surface area contributed by atoms with Crippen LogP contribution in [0.25, 0.3) is 10.9 Å². The molecule has 2 aliphatic rings. The van der Waals surface area contributed by atoms with Gasteiger partial charge in [0.15, 0.2) is 0 Å². The Bertz CT molecular complexity index is 1320. The smallest absolute Gasteiger partial charge is 0.225 e. The second kappa shape index (κ2) is 18.7. The summed E-state index contributed by atoms with van der Waals surface area (Å²) in [7, 11) is 0. The number of likely N-dealkylation sites (tertiary alicyclic amines) is 1. The third-order valence-electron chi connectivity index (χ3n) is 9.21. The van der Waals surface area contributed by atoms with Crippen LogP contribution in [0.3, 0.4) is 0 Å². The molecule has 6 N–H and O–H groups in total. The van der Waals surface area contributed by atoms with E-state index in [1.165, 1.54) is 38.5 Å². The minimum absolute atomic E-state index is 0.250. The molecule has 0 unspecified atom stereocenters. The molecular formula is C34H55N11O. The summed E-state index contributed by atoms with van der Waals surface area (Å²) in [6.45, 7) is 6.68. The molecule has 3 heterocycles. The Morgan fingerprint density at radius 2 is 1.72 bits per heavy atom. The van der Waals surface area contributed by atoms with E-state index in [1.807, 2.05) is 34.0 Å². The molecule has 1 saturated carbocycles. The summed E-state index contributed by atoms with van der Waals surface area (Å²) in [5.41, 5.74) is 7.31. The van der Waals surface area contributed by atoms with Crippen LogP contribution in [-0.4, -0.2) is 87.1 Å². The third kappa shape index (κ3) is 10.9. The zero-order valence-electron chi connectivity index (χ0n) is 27.6. The number of carbonyl (C=O) groups excluding carboxylic acids is 1. The lowest BCUT2D eigenvalue weighted by Gasteiger charge is -2.33. The Morgan fingerprint density at radius 1 is 0.891 bits per heavy atom. The number of unbranched alkanes of at least 4 members (excludes halogenated alkanes) is 2. The van der Waals surface area contributed by atoms with Crippen molar-refractivity contribution in [3.05, 3.63) is 36.2 Å². The lowest BCUT2D eigenvalue weighted by atomic mass is 9.95. The van der Waals surface area contributed by atoms with Gasteiger partial charge in [0, 0.05) is 43.5 Å². The van der Waals surface area contributed by atoms with E-state index < -0.39 is 0 Å². The first-order valence-corrected chi connectivity index (χ1v) is 17.8. The lowest BCUT2D eigenvalue weighted by molar-refractivity contribution is -0.132. The molecule has 2 aromatic heterocycles. The number of piperidine rings is 1. The normalized spacial score (nSPS) is 16.2. The first-order chi connectivity index (χ1) is 22.7. The number of hydrogen-bond acceptors (Lipinski definition) is 10. The zero-order valence-corrected chi connectivity index (χ0v) is 27.6. The van der Waals surface area contributed by atoms with Gasteiger partial charge in [-0.15, -0.1) is 5.10 Å². The number of aromatic nitrogens is 5. The van der Waals surface area contributed by atoms with E-state index in [4.69, 9.17) is 15.7 Å². The number of nitrogens with two attached hydrogens (primary N) is 1. The Morgan fingerprint density at radius 3 is 2.57 bits per heavy atom. The Labute approximate surface area is 274 Å². The van der Waals surface area contributed by atoms with Crippen molar-refractivity contribution in [2.45, 2.75) is 109 Å². The molecule has 1 saturated heterocycles. The van der Waals surface area contributed by atoms with Crippen LogP contribution in [0.2, 0.25) is 0 Å². The Balaban J connectivity index is 1.03. The molecule has 1 aliphatic heterocycles. The highest BCUT2D eigenvalue weighted by Gasteiger charge is 2.23. The van der Waals surface area contributed by atoms with Gasteiger partial charge in [-0.25, -0.2) is 4.98 Å². The predicted molar refractivity (Wildman–Crippen MR) is 185 cm³/mol. The summed E-state index contributed by atoms with van der Waals surface area (Å²) in [5.74, 6) is 1.64. The molecule has 0 atom stereocenters. The largest absolute Gasteiger partial charge is 0.367 e. The van der Waals surface area contributed by atoms with Crippen LogP contribution in [-0.2, 0) is 17.9 Å². The molecule has 0 spiro atoms. The van der Waals surface area contributed by atoms with E-state index >= 15 is 0 Å². The maximum Gasteiger partial charge on any atom is 0.225 e. The molecule has 46 heavy (non-hydrogen) atoms. The highest BCUT2D eigenvalue weighted by molar-refractivity contribution is 5.90. The topological polar surface area (TPSA) is 151 Å². The summed E-state index contributed by atoms with van der Waals surface area (Å²) in [5, 5.41) is 24.0. The molecule has 0 radical (unpaired) electrons. The van der Waals surface area contributed by atoms with Crippen LogP contribution in [0.1, 0.15) is 89.2 Å². The van der Waals surface area contributed by atoms with Crippen molar-refractivity contribution >= 4 is 28.6 Å². The lowest BCUT2D eigenvalue weighted by Crippen LogP contribution is -2.42. The summed E-state index contributed by atoms with van der Waals surface area (Å²) >= 11 is 0. The maximum atomic E-state index is 12.6. The summed E-state index contributed by atoms with van der Waals surface area (Å²) in [6.07, 6.45) is 16.4. The van der Waals surface area contributed by atoms with E-state index in [2.05, 4.69) is 37.6 Å². The first-order valence-electron chi connectivity index (χ1n) is 17.8. The number of amides is 1. The number of benzene rings is 1. The number of para-hydroxylation sites is 1. The van der Waals surface area contributed by atoms with Crippen molar-refractivity contribution < 1.29 is 4.79 Å². The quantitative estimate of drug-likeness (QED) is 0.122. The number of nitrogens with zero attached hydrogens (tertiary/aromatic N) is 6. The number of anilines is 2. The number of aryl methyl sites for hydroxylation is 1. The van der Waals surface area contributed by atoms with Gasteiger partial charge in [-0.1, -0.05) is 43.0 Å². The fourth-order valence-electron chi connectivity index (χ4n) is 6.50. The first kappa shape index (κ1) is 34.0. The number of nitrogens with one attached hydrogen (secondary N) is 4. The van der Waals surface area contributed by atoms with Gasteiger partial charge in [0.25, 0.3) is 0 Å². The highest BCUT2D eigenvalue weighted by atomic mass is 16.2. The molecular weight excluding hydrogens is 578 g/mol. The standard InChI is InChI=1S/C34H55N11O/c35-18-8-2-5-15-32(46)44-23-16-28(17-24-44)39-33-30-13-6-7-14-31(30)40-34(41-33)38-25-29-26-45(43-42-29)22-10-20-36-19-9-21-37-27-11-3-1-4-12-27/h6-7,13-14,26-28,36-37H,1-5,8-12,15-25,35H2,(H2,38,39,40,41). The van der Waals surface area contributed by atoms with E-state index in [9.17, 15) is 4.79 Å². The minimum atomic E-state index is 0.250. The second-order valence-corrected chi connectivity index (χ2v) is 12.9. The maximum absolute atomic E-state index is 12.6. The molecule has 252 valence electrons. The van der Waals surface area contributed by atoms with E-state index in [-0.39, 0.29) is 11.9 Å². The molecule has 2 fully saturated rings. The van der Waals surface area contributed by atoms with Gasteiger partial charge in [0.05, 0.1) is 18.3 Å². The van der Waals surface area contributed by atoms with Gasteiger partial charge in [0.2, 0.25) is 11.9 Å². The van der Waals surface area contributed by atoms with Crippen molar-refractivity contribution in [3.63, 3.8) is 0 Å². The average Bonchev–Trinajstić information content (AvgIpc) is 3.55. The van der Waals surface area contributed by atoms with Gasteiger partial charge in [0.1, 0.15) is 11.5 Å². The fourth-order valence-corrected chi connectivity index (χ4v) is 6.50.